The largest absolute Gasteiger partial charge is 0.349 e. The number of carbonyl (C=O) groups excluding carboxylic acids is 6. The van der Waals surface area contributed by atoms with Crippen LogP contribution in [0.3, 0.4) is 0 Å². The lowest BCUT2D eigenvalue weighted by atomic mass is 10.0. The minimum absolute atomic E-state index is 0.0329. The summed E-state index contributed by atoms with van der Waals surface area (Å²) in [5.74, 6) is -2.50. The maximum atomic E-state index is 13.6. The molecule has 0 unspecified atom stereocenters. The average Bonchev–Trinajstić information content (AvgIpc) is 3.38. The van der Waals surface area contributed by atoms with Gasteiger partial charge in [-0.05, 0) is 49.7 Å². The van der Waals surface area contributed by atoms with Crippen LogP contribution >= 0.6 is 11.8 Å². The lowest BCUT2D eigenvalue weighted by Crippen LogP contribution is -2.58. The highest BCUT2D eigenvalue weighted by Gasteiger charge is 2.35. The summed E-state index contributed by atoms with van der Waals surface area (Å²) in [6, 6.07) is 5.16. The zero-order valence-corrected chi connectivity index (χ0v) is 25.4. The Bertz CT molecular complexity index is 1150. The van der Waals surface area contributed by atoms with Gasteiger partial charge in [0.05, 0.1) is 12.6 Å². The van der Waals surface area contributed by atoms with E-state index in [1.54, 1.807) is 20.8 Å². The molecule has 230 valence electrons. The molecule has 2 fully saturated rings. The maximum absolute atomic E-state index is 13.6. The minimum Gasteiger partial charge on any atom is -0.349 e. The van der Waals surface area contributed by atoms with Gasteiger partial charge in [0, 0.05) is 13.0 Å². The molecule has 2 aliphatic heterocycles. The van der Waals surface area contributed by atoms with Gasteiger partial charge in [0.25, 0.3) is 0 Å². The molecule has 0 aromatic heterocycles. The topological polar surface area (TPSA) is 166 Å². The predicted molar refractivity (Wildman–Crippen MR) is 159 cm³/mol. The van der Waals surface area contributed by atoms with Crippen LogP contribution in [0.2, 0.25) is 0 Å². The first kappa shape index (κ1) is 32.9. The van der Waals surface area contributed by atoms with Crippen LogP contribution < -0.4 is 26.6 Å². The molecule has 1 aromatic carbocycles. The van der Waals surface area contributed by atoms with Gasteiger partial charge in [0.1, 0.15) is 24.2 Å². The van der Waals surface area contributed by atoms with Gasteiger partial charge in [0.15, 0.2) is 0 Å². The Balaban J connectivity index is 1.97. The molecule has 6 amide bonds. The highest BCUT2D eigenvalue weighted by Crippen LogP contribution is 2.13. The number of nitrogens with one attached hydrogen (secondary N) is 5. The summed E-state index contributed by atoms with van der Waals surface area (Å²) in [6.45, 7) is 4.68. The van der Waals surface area contributed by atoms with Crippen molar-refractivity contribution in [2.24, 2.45) is 5.92 Å². The molecule has 5 N–H and O–H groups in total. The Kier molecular flexibility index (Phi) is 12.2. The van der Waals surface area contributed by atoms with Crippen molar-refractivity contribution in [1.29, 1.82) is 0 Å². The van der Waals surface area contributed by atoms with Crippen molar-refractivity contribution in [3.8, 4) is 0 Å². The summed E-state index contributed by atoms with van der Waals surface area (Å²) in [5.41, 5.74) is 0.898. The van der Waals surface area contributed by atoms with Crippen LogP contribution in [0.5, 0.6) is 0 Å². The van der Waals surface area contributed by atoms with Gasteiger partial charge in [-0.2, -0.15) is 11.8 Å². The number of thioether (sulfide) groups is 1. The fourth-order valence-corrected chi connectivity index (χ4v) is 5.45. The van der Waals surface area contributed by atoms with Crippen LogP contribution in [0, 0.1) is 5.92 Å². The van der Waals surface area contributed by atoms with Gasteiger partial charge in [-0.25, -0.2) is 0 Å². The summed E-state index contributed by atoms with van der Waals surface area (Å²) in [4.78, 5) is 79.9. The molecule has 5 atom stereocenters. The predicted octanol–water partition coefficient (Wildman–Crippen LogP) is -0.282. The summed E-state index contributed by atoms with van der Waals surface area (Å²) < 4.78 is 0. The number of nitrogens with zero attached hydrogens (tertiary/aromatic N) is 1. The second kappa shape index (κ2) is 15.6. The molecule has 0 saturated carbocycles. The Morgan fingerprint density at radius 3 is 2.26 bits per heavy atom. The van der Waals surface area contributed by atoms with Crippen molar-refractivity contribution >= 4 is 47.2 Å². The number of rotatable bonds is 7. The van der Waals surface area contributed by atoms with E-state index in [0.29, 0.717) is 25.0 Å². The molecule has 2 saturated heterocycles. The molecule has 42 heavy (non-hydrogen) atoms. The van der Waals surface area contributed by atoms with Gasteiger partial charge >= 0.3 is 0 Å². The standard InChI is InChI=1S/C29H42N6O6S/c1-17(2)25-28(40)33-21(12-13-42-4)27(39)30-18(3)26(38)31-20(14-19-8-6-5-7-9-19)15-35(16-24(37)34-25)29(41)22-10-11-23(36)32-22/h5-9,17-18,20-22,25H,10-16H2,1-4H3,(H,30,39)(H,31,38)(H,32,36)(H,33,40)(H,34,37)/t18-,20+,21-,22-,25-/m0/s1. The molecule has 0 spiro atoms. The number of carbonyl (C=O) groups is 6. The molecule has 0 radical (unpaired) electrons. The van der Waals surface area contributed by atoms with Crippen LogP contribution in [0.25, 0.3) is 0 Å². The number of hydrogen-bond donors (Lipinski definition) is 5. The molecular weight excluding hydrogens is 560 g/mol. The quantitative estimate of drug-likeness (QED) is 0.286. The van der Waals surface area contributed by atoms with Gasteiger partial charge in [-0.15, -0.1) is 0 Å². The van der Waals surface area contributed by atoms with E-state index in [2.05, 4.69) is 26.6 Å². The molecule has 3 rings (SSSR count). The van der Waals surface area contributed by atoms with Crippen molar-refractivity contribution in [3.05, 3.63) is 35.9 Å². The van der Waals surface area contributed by atoms with E-state index >= 15 is 0 Å². The van der Waals surface area contributed by atoms with Crippen molar-refractivity contribution in [2.75, 3.05) is 25.1 Å². The van der Waals surface area contributed by atoms with E-state index in [1.165, 1.54) is 16.7 Å². The first-order valence-corrected chi connectivity index (χ1v) is 15.7. The third-order valence-corrected chi connectivity index (χ3v) is 7.96. The molecule has 2 heterocycles. The van der Waals surface area contributed by atoms with E-state index in [9.17, 15) is 28.8 Å². The molecule has 0 bridgehead atoms. The summed E-state index contributed by atoms with van der Waals surface area (Å²) in [6.07, 6.45) is 3.06. The van der Waals surface area contributed by atoms with Gasteiger partial charge in [-0.3, -0.25) is 28.8 Å². The van der Waals surface area contributed by atoms with Crippen molar-refractivity contribution in [3.63, 3.8) is 0 Å². The Labute approximate surface area is 250 Å². The zero-order chi connectivity index (χ0) is 30.8. The third-order valence-electron chi connectivity index (χ3n) is 7.31. The first-order chi connectivity index (χ1) is 20.0. The highest BCUT2D eigenvalue weighted by molar-refractivity contribution is 7.98. The monoisotopic (exact) mass is 602 g/mol. The van der Waals surface area contributed by atoms with Crippen molar-refractivity contribution < 1.29 is 28.8 Å². The van der Waals surface area contributed by atoms with Crippen LogP contribution in [0.15, 0.2) is 30.3 Å². The van der Waals surface area contributed by atoms with Crippen molar-refractivity contribution in [2.45, 2.75) is 76.7 Å². The Hall–Kier alpha value is -3.61. The smallest absolute Gasteiger partial charge is 0.245 e. The SMILES string of the molecule is CSCC[C@@H]1NC(=O)[C@H](C(C)C)NC(=O)CN(C(=O)[C@@H]2CCC(=O)N2)C[C@@H](Cc2ccccc2)NC(=O)[C@H](C)NC1=O. The minimum atomic E-state index is -0.965. The van der Waals surface area contributed by atoms with E-state index in [0.717, 1.165) is 5.56 Å². The fraction of sp³-hybridized carbons (Fsp3) is 0.586. The lowest BCUT2D eigenvalue weighted by Gasteiger charge is -2.31. The summed E-state index contributed by atoms with van der Waals surface area (Å²) in [7, 11) is 0. The molecule has 0 aliphatic carbocycles. The first-order valence-electron chi connectivity index (χ1n) is 14.3. The van der Waals surface area contributed by atoms with E-state index < -0.39 is 59.7 Å². The van der Waals surface area contributed by atoms with Crippen LogP contribution in [0.4, 0.5) is 0 Å². The Morgan fingerprint density at radius 2 is 1.64 bits per heavy atom. The summed E-state index contributed by atoms with van der Waals surface area (Å²) >= 11 is 1.52. The van der Waals surface area contributed by atoms with Gasteiger partial charge in [0.2, 0.25) is 35.4 Å². The molecule has 1 aromatic rings. The highest BCUT2D eigenvalue weighted by atomic mass is 32.2. The number of amides is 6. The molecule has 13 heteroatoms. The lowest BCUT2D eigenvalue weighted by molar-refractivity contribution is -0.139. The number of benzene rings is 1. The summed E-state index contributed by atoms with van der Waals surface area (Å²) in [5, 5.41) is 13.8. The fourth-order valence-electron chi connectivity index (χ4n) is 4.98. The van der Waals surface area contributed by atoms with Crippen LogP contribution in [-0.2, 0) is 35.2 Å². The van der Waals surface area contributed by atoms with E-state index in [4.69, 9.17) is 0 Å². The second-order valence-electron chi connectivity index (χ2n) is 11.1. The average molecular weight is 603 g/mol. The third kappa shape index (κ3) is 9.47. The molecule has 12 nitrogen and oxygen atoms in total. The van der Waals surface area contributed by atoms with Gasteiger partial charge < -0.3 is 31.5 Å². The van der Waals surface area contributed by atoms with Crippen molar-refractivity contribution in [1.82, 2.24) is 31.5 Å². The van der Waals surface area contributed by atoms with E-state index in [1.807, 2.05) is 36.6 Å². The number of hydrogen-bond acceptors (Lipinski definition) is 7. The van der Waals surface area contributed by atoms with Crippen LogP contribution in [-0.4, -0.2) is 95.7 Å². The molecular formula is C29H42N6O6S. The Morgan fingerprint density at radius 1 is 0.929 bits per heavy atom. The molecule has 2 aliphatic rings. The zero-order valence-electron chi connectivity index (χ0n) is 24.6. The normalized spacial score (nSPS) is 26.4. The second-order valence-corrected chi connectivity index (χ2v) is 12.1. The van der Waals surface area contributed by atoms with Crippen LogP contribution in [0.1, 0.15) is 45.6 Å². The van der Waals surface area contributed by atoms with E-state index in [-0.39, 0.29) is 31.3 Å². The van der Waals surface area contributed by atoms with Gasteiger partial charge in [-0.1, -0.05) is 44.2 Å². The maximum Gasteiger partial charge on any atom is 0.245 e.